The first kappa shape index (κ1) is 30.7. The smallest absolute Gasteiger partial charge is 0.139 e. The molecule has 0 bridgehead atoms. The summed E-state index contributed by atoms with van der Waals surface area (Å²) >= 11 is 3.65. The minimum Gasteiger partial charge on any atom is -0.456 e. The van der Waals surface area contributed by atoms with Crippen molar-refractivity contribution < 1.29 is 8.83 Å². The Morgan fingerprint density at radius 2 is 0.661 bits per heavy atom. The van der Waals surface area contributed by atoms with Crippen LogP contribution in [0, 0.1) is 0 Å². The van der Waals surface area contributed by atoms with Crippen LogP contribution in [-0.2, 0) is 0 Å². The number of benzene rings is 9. The Kier molecular flexibility index (Phi) is 6.28. The van der Waals surface area contributed by atoms with Crippen molar-refractivity contribution in [1.82, 2.24) is 0 Å². The van der Waals surface area contributed by atoms with E-state index in [4.69, 9.17) is 8.83 Å². The first-order valence-corrected chi connectivity index (χ1v) is 20.4. The van der Waals surface area contributed by atoms with E-state index in [0.717, 1.165) is 66.0 Å². The molecule has 0 unspecified atom stereocenters. The standard InChI is InChI=1S/C50H28N2O2S2/c1-5-13-47-39(9-1)51(40-10-2-6-14-48(40)55-47)33-19-17-29-23-35-37-27-38-36-24-30-18-20-34(52-41-11-3-7-15-49(41)56-50-16-8-4-12-42(50)52)22-32(30)26-44(36)54-46(38)28-45(37)53-43(35)25-31(29)21-33/h1-28H. The Balaban J connectivity index is 0.920. The third-order valence-electron chi connectivity index (χ3n) is 11.3. The zero-order valence-corrected chi connectivity index (χ0v) is 31.3. The van der Waals surface area contributed by atoms with Gasteiger partial charge in [0.15, 0.2) is 0 Å². The van der Waals surface area contributed by atoms with Crippen LogP contribution in [0.1, 0.15) is 0 Å². The van der Waals surface area contributed by atoms with Crippen molar-refractivity contribution in [1.29, 1.82) is 0 Å². The first-order valence-electron chi connectivity index (χ1n) is 18.7. The number of fused-ring (bicyclic) bond motifs is 12. The zero-order valence-electron chi connectivity index (χ0n) is 29.7. The van der Waals surface area contributed by atoms with Crippen LogP contribution in [0.5, 0.6) is 0 Å². The van der Waals surface area contributed by atoms with E-state index in [1.807, 2.05) is 23.5 Å². The highest BCUT2D eigenvalue weighted by Gasteiger charge is 2.26. The van der Waals surface area contributed by atoms with Crippen LogP contribution < -0.4 is 9.80 Å². The maximum absolute atomic E-state index is 6.60. The molecule has 262 valence electrons. The van der Waals surface area contributed by atoms with Crippen LogP contribution in [0.2, 0.25) is 0 Å². The third kappa shape index (κ3) is 4.45. The lowest BCUT2D eigenvalue weighted by Gasteiger charge is -2.33. The van der Waals surface area contributed by atoms with Gasteiger partial charge in [-0.05, 0) is 125 Å². The van der Waals surface area contributed by atoms with Gasteiger partial charge in [-0.2, -0.15) is 0 Å². The Morgan fingerprint density at radius 1 is 0.304 bits per heavy atom. The van der Waals surface area contributed by atoms with Gasteiger partial charge in [-0.3, -0.25) is 0 Å². The van der Waals surface area contributed by atoms with E-state index in [0.29, 0.717) is 0 Å². The van der Waals surface area contributed by atoms with Crippen molar-refractivity contribution in [3.05, 3.63) is 170 Å². The Morgan fingerprint density at radius 3 is 1.07 bits per heavy atom. The fourth-order valence-electron chi connectivity index (χ4n) is 8.75. The second-order valence-electron chi connectivity index (χ2n) is 14.6. The van der Waals surface area contributed by atoms with Crippen molar-refractivity contribution in [3.63, 3.8) is 0 Å². The number of para-hydroxylation sites is 4. The van der Waals surface area contributed by atoms with Crippen molar-refractivity contribution in [3.8, 4) is 0 Å². The average molecular weight is 753 g/mol. The molecule has 0 saturated carbocycles. The van der Waals surface area contributed by atoms with Crippen LogP contribution in [0.4, 0.5) is 34.1 Å². The third-order valence-corrected chi connectivity index (χ3v) is 13.6. The van der Waals surface area contributed by atoms with Gasteiger partial charge in [-0.1, -0.05) is 84.2 Å². The van der Waals surface area contributed by atoms with E-state index in [1.165, 1.54) is 53.1 Å². The predicted octanol–water partition coefficient (Wildman–Crippen LogP) is 15.7. The van der Waals surface area contributed by atoms with Crippen molar-refractivity contribution in [2.45, 2.75) is 19.6 Å². The lowest BCUT2D eigenvalue weighted by molar-refractivity contribution is 0.656. The van der Waals surface area contributed by atoms with Gasteiger partial charge in [0.2, 0.25) is 0 Å². The van der Waals surface area contributed by atoms with E-state index >= 15 is 0 Å². The maximum Gasteiger partial charge on any atom is 0.139 e. The van der Waals surface area contributed by atoms with Crippen LogP contribution in [0.3, 0.4) is 0 Å². The molecule has 0 saturated heterocycles. The Labute approximate surface area is 329 Å². The number of furan rings is 2. The molecule has 0 aliphatic carbocycles. The van der Waals surface area contributed by atoms with Crippen molar-refractivity contribution >= 4 is 123 Å². The van der Waals surface area contributed by atoms with Crippen LogP contribution in [-0.4, -0.2) is 0 Å². The molecule has 0 amide bonds. The van der Waals surface area contributed by atoms with Gasteiger partial charge in [0, 0.05) is 58.6 Å². The molecule has 2 aliphatic heterocycles. The number of anilines is 6. The molecule has 4 heterocycles. The summed E-state index contributed by atoms with van der Waals surface area (Å²) in [6, 6.07) is 61.3. The van der Waals surface area contributed by atoms with Gasteiger partial charge in [-0.25, -0.2) is 0 Å². The molecule has 4 nitrogen and oxygen atoms in total. The van der Waals surface area contributed by atoms with Crippen molar-refractivity contribution in [2.75, 3.05) is 9.80 Å². The molecule has 0 N–H and O–H groups in total. The second kappa shape index (κ2) is 11.5. The summed E-state index contributed by atoms with van der Waals surface area (Å²) in [5.74, 6) is 0. The minimum atomic E-state index is 0.824. The summed E-state index contributed by atoms with van der Waals surface area (Å²) in [6.07, 6.45) is 0. The van der Waals surface area contributed by atoms with Gasteiger partial charge >= 0.3 is 0 Å². The van der Waals surface area contributed by atoms with E-state index in [1.54, 1.807) is 0 Å². The molecule has 56 heavy (non-hydrogen) atoms. The molecule has 11 aromatic rings. The highest BCUT2D eigenvalue weighted by molar-refractivity contribution is 8.00. The molecule has 2 aliphatic rings. The van der Waals surface area contributed by atoms with E-state index in [2.05, 4.69) is 180 Å². The fourth-order valence-corrected chi connectivity index (χ4v) is 10.9. The second-order valence-corrected chi connectivity index (χ2v) is 16.7. The topological polar surface area (TPSA) is 32.8 Å². The molecule has 0 atom stereocenters. The quantitative estimate of drug-likeness (QED) is 0.175. The summed E-state index contributed by atoms with van der Waals surface area (Å²) in [5.41, 5.74) is 10.4. The molecule has 0 radical (unpaired) electrons. The summed E-state index contributed by atoms with van der Waals surface area (Å²) in [6.45, 7) is 0. The average Bonchev–Trinajstić information content (AvgIpc) is 3.77. The molecule has 6 heteroatoms. The van der Waals surface area contributed by atoms with E-state index in [9.17, 15) is 0 Å². The molecular formula is C50H28N2O2S2. The van der Waals surface area contributed by atoms with Gasteiger partial charge in [0.05, 0.1) is 22.7 Å². The molecule has 0 spiro atoms. The highest BCUT2D eigenvalue weighted by atomic mass is 32.2. The number of hydrogen-bond acceptors (Lipinski definition) is 6. The van der Waals surface area contributed by atoms with E-state index in [-0.39, 0.29) is 0 Å². The summed E-state index contributed by atoms with van der Waals surface area (Å²) in [7, 11) is 0. The molecular weight excluding hydrogens is 725 g/mol. The maximum atomic E-state index is 6.60. The van der Waals surface area contributed by atoms with Crippen molar-refractivity contribution in [2.24, 2.45) is 0 Å². The lowest BCUT2D eigenvalue weighted by Crippen LogP contribution is -2.14. The highest BCUT2D eigenvalue weighted by Crippen LogP contribution is 2.53. The van der Waals surface area contributed by atoms with Gasteiger partial charge in [0.25, 0.3) is 0 Å². The number of hydrogen-bond donors (Lipinski definition) is 0. The normalized spacial score (nSPS) is 13.5. The number of nitrogens with zero attached hydrogens (tertiary/aromatic N) is 2. The summed E-state index contributed by atoms with van der Waals surface area (Å²) in [5, 5.41) is 9.01. The van der Waals surface area contributed by atoms with Gasteiger partial charge < -0.3 is 18.6 Å². The van der Waals surface area contributed by atoms with E-state index < -0.39 is 0 Å². The van der Waals surface area contributed by atoms with Crippen LogP contribution >= 0.6 is 23.5 Å². The monoisotopic (exact) mass is 752 g/mol. The molecule has 2 aromatic heterocycles. The SMILES string of the molecule is c1ccc2c(c1)Sc1ccccc1N2c1ccc2cc3c(cc2c1)oc1cc2oc4cc5cc(N6c7ccccc7Sc7ccccc76)ccc5cc4c2cc13. The fraction of sp³-hybridized carbons (Fsp3) is 0. The Hall–Kier alpha value is -6.60. The zero-order chi connectivity index (χ0) is 36.5. The summed E-state index contributed by atoms with van der Waals surface area (Å²) in [4.78, 5) is 9.76. The summed E-state index contributed by atoms with van der Waals surface area (Å²) < 4.78 is 13.2. The van der Waals surface area contributed by atoms with Crippen LogP contribution in [0.15, 0.2) is 198 Å². The lowest BCUT2D eigenvalue weighted by atomic mass is 10.0. The number of rotatable bonds is 2. The van der Waals surface area contributed by atoms with Gasteiger partial charge in [0.1, 0.15) is 22.3 Å². The molecule has 0 fully saturated rings. The van der Waals surface area contributed by atoms with Crippen LogP contribution in [0.25, 0.3) is 65.4 Å². The first-order chi connectivity index (χ1) is 27.7. The largest absolute Gasteiger partial charge is 0.456 e. The molecule has 13 rings (SSSR count). The predicted molar refractivity (Wildman–Crippen MR) is 234 cm³/mol. The van der Waals surface area contributed by atoms with Gasteiger partial charge in [-0.15, -0.1) is 0 Å². The Bertz CT molecular complexity index is 3160. The minimum absolute atomic E-state index is 0.824. The molecule has 9 aromatic carbocycles.